The lowest BCUT2D eigenvalue weighted by atomic mass is 9.94. The van der Waals surface area contributed by atoms with Gasteiger partial charge in [0, 0.05) is 27.3 Å². The van der Waals surface area contributed by atoms with E-state index in [1.54, 1.807) is 19.1 Å². The molecular formula is C11H22N2O3. The minimum Gasteiger partial charge on any atom is -0.383 e. The molecule has 0 spiro atoms. The first-order valence-corrected chi connectivity index (χ1v) is 5.61. The van der Waals surface area contributed by atoms with Crippen LogP contribution in [0.4, 0.5) is 0 Å². The van der Waals surface area contributed by atoms with Crippen LogP contribution >= 0.6 is 0 Å². The second kappa shape index (κ2) is 5.61. The summed E-state index contributed by atoms with van der Waals surface area (Å²) in [5, 5.41) is 0. The summed E-state index contributed by atoms with van der Waals surface area (Å²) in [7, 11) is 3.23. The molecule has 94 valence electrons. The minimum atomic E-state index is -0.566. The number of carbonyl (C=O) groups is 1. The first-order valence-electron chi connectivity index (χ1n) is 5.61. The molecular weight excluding hydrogens is 208 g/mol. The molecule has 0 bridgehead atoms. The van der Waals surface area contributed by atoms with Crippen LogP contribution in [0.1, 0.15) is 19.8 Å². The lowest BCUT2D eigenvalue weighted by molar-refractivity contribution is -0.141. The van der Waals surface area contributed by atoms with E-state index in [1.807, 2.05) is 6.92 Å². The van der Waals surface area contributed by atoms with E-state index >= 15 is 0 Å². The van der Waals surface area contributed by atoms with Crippen molar-refractivity contribution in [3.63, 3.8) is 0 Å². The van der Waals surface area contributed by atoms with Gasteiger partial charge in [-0.2, -0.15) is 0 Å². The summed E-state index contributed by atoms with van der Waals surface area (Å²) in [6.07, 6.45) is 1.93. The van der Waals surface area contributed by atoms with Gasteiger partial charge in [-0.15, -0.1) is 0 Å². The van der Waals surface area contributed by atoms with Crippen LogP contribution in [-0.2, 0) is 14.3 Å². The molecule has 0 aromatic carbocycles. The highest BCUT2D eigenvalue weighted by molar-refractivity contribution is 5.82. The van der Waals surface area contributed by atoms with E-state index in [2.05, 4.69) is 0 Å². The molecule has 5 heteroatoms. The summed E-state index contributed by atoms with van der Waals surface area (Å²) < 4.78 is 10.3. The molecule has 5 nitrogen and oxygen atoms in total. The maximum atomic E-state index is 12.0. The Morgan fingerprint density at radius 3 is 2.81 bits per heavy atom. The van der Waals surface area contributed by atoms with Crippen LogP contribution in [0.3, 0.4) is 0 Å². The smallest absolute Gasteiger partial charge is 0.241 e. The molecule has 2 unspecified atom stereocenters. The number of likely N-dealkylation sites (tertiary alicyclic amines) is 1. The van der Waals surface area contributed by atoms with E-state index in [4.69, 9.17) is 15.2 Å². The van der Waals surface area contributed by atoms with Crippen molar-refractivity contribution in [1.82, 2.24) is 4.90 Å². The van der Waals surface area contributed by atoms with Crippen molar-refractivity contribution in [2.45, 2.75) is 31.4 Å². The summed E-state index contributed by atoms with van der Waals surface area (Å²) in [6.45, 7) is 3.66. The van der Waals surface area contributed by atoms with Gasteiger partial charge in [0.25, 0.3) is 0 Å². The van der Waals surface area contributed by atoms with Gasteiger partial charge in [-0.1, -0.05) is 0 Å². The van der Waals surface area contributed by atoms with Crippen LogP contribution in [0.2, 0.25) is 0 Å². The first-order chi connectivity index (χ1) is 7.52. The molecule has 16 heavy (non-hydrogen) atoms. The number of nitrogens with two attached hydrogens (primary N) is 1. The zero-order chi connectivity index (χ0) is 12.2. The molecule has 1 heterocycles. The second-order valence-electron chi connectivity index (χ2n) is 4.58. The predicted molar refractivity (Wildman–Crippen MR) is 61.1 cm³/mol. The third-order valence-electron chi connectivity index (χ3n) is 3.13. The van der Waals surface area contributed by atoms with Crippen LogP contribution in [0, 0.1) is 0 Å². The lowest BCUT2D eigenvalue weighted by Crippen LogP contribution is -2.54. The normalized spacial score (nSPS) is 27.9. The number of methoxy groups -OCH3 is 2. The Hall–Kier alpha value is -0.650. The number of rotatable bonds is 4. The quantitative estimate of drug-likeness (QED) is 0.737. The predicted octanol–water partition coefficient (Wildman–Crippen LogP) is -0.0124. The van der Waals surface area contributed by atoms with Crippen molar-refractivity contribution < 1.29 is 14.3 Å². The molecule has 1 rings (SSSR count). The van der Waals surface area contributed by atoms with E-state index < -0.39 is 6.04 Å². The van der Waals surface area contributed by atoms with Gasteiger partial charge in [-0.05, 0) is 19.8 Å². The van der Waals surface area contributed by atoms with Gasteiger partial charge in [0.2, 0.25) is 5.91 Å². The minimum absolute atomic E-state index is 0.0511. The Morgan fingerprint density at radius 1 is 1.56 bits per heavy atom. The van der Waals surface area contributed by atoms with Gasteiger partial charge in [-0.25, -0.2) is 0 Å². The highest BCUT2D eigenvalue weighted by Crippen LogP contribution is 2.24. The fourth-order valence-corrected chi connectivity index (χ4v) is 2.05. The maximum absolute atomic E-state index is 12.0. The molecule has 1 aliphatic heterocycles. The lowest BCUT2D eigenvalue weighted by Gasteiger charge is -2.40. The summed E-state index contributed by atoms with van der Waals surface area (Å²) in [6, 6.07) is -0.566. The Labute approximate surface area is 96.9 Å². The molecule has 0 aromatic heterocycles. The van der Waals surface area contributed by atoms with E-state index in [9.17, 15) is 4.79 Å². The molecule has 1 amide bonds. The van der Waals surface area contributed by atoms with Crippen molar-refractivity contribution >= 4 is 5.91 Å². The molecule has 2 atom stereocenters. The molecule has 1 saturated heterocycles. The highest BCUT2D eigenvalue weighted by atomic mass is 16.5. The molecule has 1 aliphatic rings. The third-order valence-corrected chi connectivity index (χ3v) is 3.13. The van der Waals surface area contributed by atoms with Gasteiger partial charge in [0.1, 0.15) is 6.04 Å². The maximum Gasteiger partial charge on any atom is 0.241 e. The fourth-order valence-electron chi connectivity index (χ4n) is 2.05. The van der Waals surface area contributed by atoms with E-state index in [0.29, 0.717) is 6.54 Å². The van der Waals surface area contributed by atoms with Crippen LogP contribution in [0.15, 0.2) is 0 Å². The SMILES string of the molecule is COCC(N)C(=O)N1CCCC(C)(OC)C1. The number of ether oxygens (including phenoxy) is 2. The molecule has 2 N–H and O–H groups in total. The molecule has 0 aromatic rings. The summed E-state index contributed by atoms with van der Waals surface area (Å²) in [5.41, 5.74) is 5.50. The number of hydrogen-bond acceptors (Lipinski definition) is 4. The number of nitrogens with zero attached hydrogens (tertiary/aromatic N) is 1. The van der Waals surface area contributed by atoms with Gasteiger partial charge >= 0.3 is 0 Å². The topological polar surface area (TPSA) is 64.8 Å². The molecule has 0 aliphatic carbocycles. The number of amides is 1. The zero-order valence-corrected chi connectivity index (χ0v) is 10.4. The van der Waals surface area contributed by atoms with Crippen LogP contribution < -0.4 is 5.73 Å². The van der Waals surface area contributed by atoms with Crippen LogP contribution in [-0.4, -0.2) is 56.4 Å². The Bertz CT molecular complexity index is 247. The van der Waals surface area contributed by atoms with Gasteiger partial charge in [0.15, 0.2) is 0 Å². The van der Waals surface area contributed by atoms with Crippen molar-refractivity contribution in [3.05, 3.63) is 0 Å². The van der Waals surface area contributed by atoms with Gasteiger partial charge in [-0.3, -0.25) is 4.79 Å². The van der Waals surface area contributed by atoms with E-state index in [-0.39, 0.29) is 18.1 Å². The molecule has 1 fully saturated rings. The zero-order valence-electron chi connectivity index (χ0n) is 10.4. The summed E-state index contributed by atoms with van der Waals surface area (Å²) in [5.74, 6) is -0.0511. The van der Waals surface area contributed by atoms with Crippen LogP contribution in [0.25, 0.3) is 0 Å². The van der Waals surface area contributed by atoms with Crippen molar-refractivity contribution in [2.75, 3.05) is 33.9 Å². The van der Waals surface area contributed by atoms with Crippen LogP contribution in [0.5, 0.6) is 0 Å². The van der Waals surface area contributed by atoms with E-state index in [0.717, 1.165) is 19.4 Å². The fraction of sp³-hybridized carbons (Fsp3) is 0.909. The standard InChI is InChI=1S/C11H22N2O3/c1-11(16-3)5-4-6-13(8-11)10(14)9(12)7-15-2/h9H,4-8,12H2,1-3H3. The molecule has 0 saturated carbocycles. The average molecular weight is 230 g/mol. The van der Waals surface area contributed by atoms with Crippen molar-refractivity contribution in [2.24, 2.45) is 5.73 Å². The van der Waals surface area contributed by atoms with Gasteiger partial charge < -0.3 is 20.1 Å². The number of piperidine rings is 1. The monoisotopic (exact) mass is 230 g/mol. The number of hydrogen-bond donors (Lipinski definition) is 1. The average Bonchev–Trinajstić information content (AvgIpc) is 2.28. The van der Waals surface area contributed by atoms with Crippen molar-refractivity contribution in [1.29, 1.82) is 0 Å². The summed E-state index contributed by atoms with van der Waals surface area (Å²) >= 11 is 0. The number of carbonyl (C=O) groups excluding carboxylic acids is 1. The summed E-state index contributed by atoms with van der Waals surface area (Å²) in [4.78, 5) is 13.7. The third kappa shape index (κ3) is 3.17. The second-order valence-corrected chi connectivity index (χ2v) is 4.58. The van der Waals surface area contributed by atoms with E-state index in [1.165, 1.54) is 0 Å². The highest BCUT2D eigenvalue weighted by Gasteiger charge is 2.34. The molecule has 0 radical (unpaired) electrons. The largest absolute Gasteiger partial charge is 0.383 e. The Balaban J connectivity index is 2.56. The van der Waals surface area contributed by atoms with Crippen molar-refractivity contribution in [3.8, 4) is 0 Å². The first kappa shape index (κ1) is 13.4. The Kier molecular flexibility index (Phi) is 4.70. The van der Waals surface area contributed by atoms with Gasteiger partial charge in [0.05, 0.1) is 12.2 Å². The Morgan fingerprint density at radius 2 is 2.25 bits per heavy atom.